The van der Waals surface area contributed by atoms with Crippen molar-refractivity contribution in [1.82, 2.24) is 5.32 Å². The van der Waals surface area contributed by atoms with Crippen LogP contribution in [0.15, 0.2) is 0 Å². The van der Waals surface area contributed by atoms with E-state index in [0.29, 0.717) is 12.0 Å². The molecule has 1 saturated heterocycles. The van der Waals surface area contributed by atoms with Crippen LogP contribution in [0.1, 0.15) is 32.6 Å². The SMILES string of the molecule is CC(C#N)(NCC1CCCO1)C1CC1. The van der Waals surface area contributed by atoms with E-state index in [2.05, 4.69) is 11.4 Å². The van der Waals surface area contributed by atoms with Gasteiger partial charge in [0.25, 0.3) is 0 Å². The maximum Gasteiger partial charge on any atom is 0.106 e. The van der Waals surface area contributed by atoms with Crippen molar-refractivity contribution in [2.45, 2.75) is 44.2 Å². The highest BCUT2D eigenvalue weighted by Gasteiger charge is 2.41. The molecule has 2 unspecified atom stereocenters. The van der Waals surface area contributed by atoms with Gasteiger partial charge < -0.3 is 4.74 Å². The third-order valence-electron chi connectivity index (χ3n) is 3.35. The molecule has 0 aromatic rings. The van der Waals surface area contributed by atoms with Gasteiger partial charge in [0.15, 0.2) is 0 Å². The Bertz CT molecular complexity index is 238. The summed E-state index contributed by atoms with van der Waals surface area (Å²) in [6, 6.07) is 2.40. The lowest BCUT2D eigenvalue weighted by atomic mass is 9.97. The molecule has 1 aliphatic carbocycles. The molecule has 1 saturated carbocycles. The van der Waals surface area contributed by atoms with Crippen LogP contribution < -0.4 is 5.32 Å². The summed E-state index contributed by atoms with van der Waals surface area (Å²) >= 11 is 0. The summed E-state index contributed by atoms with van der Waals surface area (Å²) in [4.78, 5) is 0. The molecular weight excluding hydrogens is 176 g/mol. The molecule has 2 atom stereocenters. The van der Waals surface area contributed by atoms with E-state index in [4.69, 9.17) is 10.00 Å². The van der Waals surface area contributed by atoms with E-state index in [-0.39, 0.29) is 5.54 Å². The van der Waals surface area contributed by atoms with E-state index < -0.39 is 0 Å². The standard InChI is InChI=1S/C11H18N2O/c1-11(8-12,9-4-5-9)13-7-10-3-2-6-14-10/h9-10,13H,2-7H2,1H3. The molecule has 0 bridgehead atoms. The largest absolute Gasteiger partial charge is 0.377 e. The fourth-order valence-corrected chi connectivity index (χ4v) is 2.07. The lowest BCUT2D eigenvalue weighted by Crippen LogP contribution is -2.46. The summed E-state index contributed by atoms with van der Waals surface area (Å²) in [5.74, 6) is 0.564. The summed E-state index contributed by atoms with van der Waals surface area (Å²) in [5.41, 5.74) is -0.314. The van der Waals surface area contributed by atoms with Crippen molar-refractivity contribution >= 4 is 0 Å². The van der Waals surface area contributed by atoms with E-state index in [1.54, 1.807) is 0 Å². The zero-order valence-corrected chi connectivity index (χ0v) is 8.75. The lowest BCUT2D eigenvalue weighted by Gasteiger charge is -2.24. The number of rotatable bonds is 4. The van der Waals surface area contributed by atoms with Crippen LogP contribution in [-0.4, -0.2) is 24.8 Å². The summed E-state index contributed by atoms with van der Waals surface area (Å²) in [6.07, 6.45) is 5.03. The van der Waals surface area contributed by atoms with Gasteiger partial charge in [0.1, 0.15) is 5.54 Å². The van der Waals surface area contributed by atoms with Crippen LogP contribution in [0.5, 0.6) is 0 Å². The minimum absolute atomic E-state index is 0.314. The van der Waals surface area contributed by atoms with Crippen molar-refractivity contribution in [3.8, 4) is 6.07 Å². The predicted octanol–water partition coefficient (Wildman–Crippen LogP) is 1.45. The highest BCUT2D eigenvalue weighted by Crippen LogP contribution is 2.39. The predicted molar refractivity (Wildman–Crippen MR) is 53.7 cm³/mol. The molecule has 0 spiro atoms. The van der Waals surface area contributed by atoms with Gasteiger partial charge in [-0.2, -0.15) is 5.26 Å². The van der Waals surface area contributed by atoms with Crippen LogP contribution in [0.2, 0.25) is 0 Å². The van der Waals surface area contributed by atoms with Gasteiger partial charge in [-0.25, -0.2) is 0 Å². The minimum Gasteiger partial charge on any atom is -0.377 e. The van der Waals surface area contributed by atoms with E-state index in [1.165, 1.54) is 19.3 Å². The van der Waals surface area contributed by atoms with Gasteiger partial charge in [-0.3, -0.25) is 5.32 Å². The fraction of sp³-hybridized carbons (Fsp3) is 0.909. The first-order valence-electron chi connectivity index (χ1n) is 5.52. The van der Waals surface area contributed by atoms with Crippen molar-refractivity contribution in [2.75, 3.05) is 13.2 Å². The quantitative estimate of drug-likeness (QED) is 0.736. The van der Waals surface area contributed by atoms with Gasteiger partial charge in [-0.15, -0.1) is 0 Å². The number of nitrogens with zero attached hydrogens (tertiary/aromatic N) is 1. The van der Waals surface area contributed by atoms with E-state index in [0.717, 1.165) is 19.6 Å². The minimum atomic E-state index is -0.314. The Morgan fingerprint density at radius 2 is 2.29 bits per heavy atom. The van der Waals surface area contributed by atoms with Crippen molar-refractivity contribution < 1.29 is 4.74 Å². The van der Waals surface area contributed by atoms with Crippen molar-refractivity contribution in [1.29, 1.82) is 5.26 Å². The Morgan fingerprint density at radius 3 is 2.79 bits per heavy atom. The van der Waals surface area contributed by atoms with Gasteiger partial charge in [-0.1, -0.05) is 0 Å². The number of hydrogen-bond acceptors (Lipinski definition) is 3. The first-order valence-corrected chi connectivity index (χ1v) is 5.52. The molecule has 0 aromatic heterocycles. The molecule has 0 aromatic carbocycles. The van der Waals surface area contributed by atoms with Gasteiger partial charge in [0.2, 0.25) is 0 Å². The topological polar surface area (TPSA) is 45.0 Å². The second-order valence-electron chi connectivity index (χ2n) is 4.60. The van der Waals surface area contributed by atoms with E-state index in [9.17, 15) is 0 Å². The second kappa shape index (κ2) is 3.88. The first kappa shape index (κ1) is 9.95. The van der Waals surface area contributed by atoms with Gasteiger partial charge in [0, 0.05) is 13.2 Å². The third-order valence-corrected chi connectivity index (χ3v) is 3.35. The summed E-state index contributed by atoms with van der Waals surface area (Å²) in [6.45, 7) is 3.74. The van der Waals surface area contributed by atoms with Crippen LogP contribution in [0.4, 0.5) is 0 Å². The van der Waals surface area contributed by atoms with Gasteiger partial charge in [0.05, 0.1) is 12.2 Å². The highest BCUT2D eigenvalue weighted by atomic mass is 16.5. The van der Waals surface area contributed by atoms with E-state index >= 15 is 0 Å². The molecule has 14 heavy (non-hydrogen) atoms. The Hall–Kier alpha value is -0.590. The first-order chi connectivity index (χ1) is 6.74. The molecule has 0 amide bonds. The zero-order chi connectivity index (χ0) is 10.0. The van der Waals surface area contributed by atoms with E-state index in [1.807, 2.05) is 6.92 Å². The molecule has 1 N–H and O–H groups in total. The fourth-order valence-electron chi connectivity index (χ4n) is 2.07. The molecule has 1 aliphatic heterocycles. The Kier molecular flexibility index (Phi) is 2.76. The van der Waals surface area contributed by atoms with Gasteiger partial charge >= 0.3 is 0 Å². The maximum atomic E-state index is 9.12. The molecule has 2 rings (SSSR count). The van der Waals surface area contributed by atoms with Crippen LogP contribution in [0.25, 0.3) is 0 Å². The molecule has 1 heterocycles. The average molecular weight is 194 g/mol. The number of nitrogens with one attached hydrogen (secondary N) is 1. The van der Waals surface area contributed by atoms with Crippen LogP contribution in [0, 0.1) is 17.2 Å². The lowest BCUT2D eigenvalue weighted by molar-refractivity contribution is 0.104. The number of ether oxygens (including phenoxy) is 1. The van der Waals surface area contributed by atoms with Crippen molar-refractivity contribution in [3.05, 3.63) is 0 Å². The molecule has 0 radical (unpaired) electrons. The monoisotopic (exact) mass is 194 g/mol. The summed E-state index contributed by atoms with van der Waals surface area (Å²) < 4.78 is 5.52. The Morgan fingerprint density at radius 1 is 1.50 bits per heavy atom. The maximum absolute atomic E-state index is 9.12. The van der Waals surface area contributed by atoms with Crippen LogP contribution >= 0.6 is 0 Å². The smallest absolute Gasteiger partial charge is 0.106 e. The molecule has 3 heteroatoms. The molecule has 2 aliphatic rings. The summed E-state index contributed by atoms with van der Waals surface area (Å²) in [5, 5.41) is 12.5. The number of nitriles is 1. The van der Waals surface area contributed by atoms with Crippen LogP contribution in [-0.2, 0) is 4.74 Å². The highest BCUT2D eigenvalue weighted by molar-refractivity contribution is 5.12. The normalized spacial score (nSPS) is 31.0. The molecule has 78 valence electrons. The Balaban J connectivity index is 1.80. The van der Waals surface area contributed by atoms with Gasteiger partial charge in [-0.05, 0) is 38.5 Å². The van der Waals surface area contributed by atoms with Crippen molar-refractivity contribution in [2.24, 2.45) is 5.92 Å². The molecule has 2 fully saturated rings. The Labute approximate surface area is 85.4 Å². The zero-order valence-electron chi connectivity index (χ0n) is 8.75. The third kappa shape index (κ3) is 2.08. The molecule has 3 nitrogen and oxygen atoms in total. The average Bonchev–Trinajstić information content (AvgIpc) is 2.94. The second-order valence-corrected chi connectivity index (χ2v) is 4.60. The van der Waals surface area contributed by atoms with Crippen LogP contribution in [0.3, 0.4) is 0 Å². The van der Waals surface area contributed by atoms with Crippen molar-refractivity contribution in [3.63, 3.8) is 0 Å². The molecular formula is C11H18N2O. The number of hydrogen-bond donors (Lipinski definition) is 1. The summed E-state index contributed by atoms with van der Waals surface area (Å²) in [7, 11) is 0.